The second-order valence-electron chi connectivity index (χ2n) is 3.84. The highest BCUT2D eigenvalue weighted by Gasteiger charge is 2.34. The normalized spacial score (nSPS) is 15.8. The van der Waals surface area contributed by atoms with Crippen molar-refractivity contribution in [1.29, 1.82) is 0 Å². The fraction of sp³-hybridized carbons (Fsp3) is 0.750. The van der Waals surface area contributed by atoms with Gasteiger partial charge in [-0.15, -0.1) is 0 Å². The molecule has 0 saturated heterocycles. The van der Waals surface area contributed by atoms with Gasteiger partial charge in [0.1, 0.15) is 5.60 Å². The van der Waals surface area contributed by atoms with Crippen LogP contribution in [0.5, 0.6) is 0 Å². The average molecular weight is 189 g/mol. The van der Waals surface area contributed by atoms with Crippen LogP contribution in [0.15, 0.2) is 0 Å². The van der Waals surface area contributed by atoms with Crippen LogP contribution in [0.1, 0.15) is 27.7 Å². The van der Waals surface area contributed by atoms with Gasteiger partial charge < -0.3 is 15.2 Å². The van der Waals surface area contributed by atoms with Crippen LogP contribution in [-0.4, -0.2) is 28.8 Å². The lowest BCUT2D eigenvalue weighted by atomic mass is 10.2. The molecule has 0 aliphatic rings. The van der Waals surface area contributed by atoms with Gasteiger partial charge in [0, 0.05) is 0 Å². The minimum absolute atomic E-state index is 0.240. The van der Waals surface area contributed by atoms with Crippen molar-refractivity contribution in [3.63, 3.8) is 0 Å². The summed E-state index contributed by atoms with van der Waals surface area (Å²) in [7, 11) is 0. The topological polar surface area (TPSA) is 75.6 Å². The molecule has 0 aromatic carbocycles. The van der Waals surface area contributed by atoms with Gasteiger partial charge in [0.2, 0.25) is 12.1 Å². The zero-order valence-electron chi connectivity index (χ0n) is 8.25. The van der Waals surface area contributed by atoms with E-state index in [0.717, 1.165) is 6.92 Å². The number of carbonyl (C=O) groups is 2. The Kier molecular flexibility index (Phi) is 3.42. The maximum Gasteiger partial charge on any atom is 0.359 e. The Morgan fingerprint density at radius 2 is 1.85 bits per heavy atom. The summed E-state index contributed by atoms with van der Waals surface area (Å²) in [5.41, 5.74) is -2.65. The highest BCUT2D eigenvalue weighted by molar-refractivity contribution is 5.80. The van der Waals surface area contributed by atoms with E-state index in [2.05, 4.69) is 0 Å². The Morgan fingerprint density at radius 3 is 2.15 bits per heavy atom. The van der Waals surface area contributed by atoms with E-state index in [9.17, 15) is 14.7 Å². The molecular formula is C8H15NO4. The van der Waals surface area contributed by atoms with Crippen molar-refractivity contribution in [2.75, 3.05) is 0 Å². The molecule has 1 amide bonds. The lowest BCUT2D eigenvalue weighted by molar-refractivity contribution is -0.179. The van der Waals surface area contributed by atoms with E-state index in [0.29, 0.717) is 0 Å². The van der Waals surface area contributed by atoms with Crippen molar-refractivity contribution in [2.45, 2.75) is 39.0 Å². The first kappa shape index (κ1) is 11.9. The molecule has 0 radical (unpaired) electrons. The van der Waals surface area contributed by atoms with E-state index in [4.69, 9.17) is 4.74 Å². The minimum Gasteiger partial charge on any atom is -0.456 e. The van der Waals surface area contributed by atoms with Crippen LogP contribution in [0.3, 0.4) is 0 Å². The van der Waals surface area contributed by atoms with Gasteiger partial charge in [-0.2, -0.15) is 0 Å². The maximum absolute atomic E-state index is 11.2. The lowest BCUT2D eigenvalue weighted by Gasteiger charge is -2.26. The first-order valence-electron chi connectivity index (χ1n) is 3.86. The molecule has 1 atom stereocenters. The number of hydrogen-bond acceptors (Lipinski definition) is 4. The summed E-state index contributed by atoms with van der Waals surface area (Å²) < 4.78 is 4.84. The van der Waals surface area contributed by atoms with Crippen molar-refractivity contribution in [1.82, 2.24) is 5.32 Å². The van der Waals surface area contributed by atoms with E-state index >= 15 is 0 Å². The zero-order valence-corrected chi connectivity index (χ0v) is 8.25. The van der Waals surface area contributed by atoms with Crippen molar-refractivity contribution >= 4 is 12.4 Å². The fourth-order valence-corrected chi connectivity index (χ4v) is 0.551. The molecule has 0 aliphatic heterocycles. The molecule has 0 saturated carbocycles. The molecular weight excluding hydrogens is 174 g/mol. The minimum atomic E-state index is -1.96. The lowest BCUT2D eigenvalue weighted by Crippen LogP contribution is -2.51. The van der Waals surface area contributed by atoms with Crippen molar-refractivity contribution in [3.05, 3.63) is 0 Å². The summed E-state index contributed by atoms with van der Waals surface area (Å²) in [4.78, 5) is 21.2. The van der Waals surface area contributed by atoms with Gasteiger partial charge in [-0.1, -0.05) is 0 Å². The second-order valence-corrected chi connectivity index (χ2v) is 3.84. The van der Waals surface area contributed by atoms with E-state index in [-0.39, 0.29) is 6.41 Å². The summed E-state index contributed by atoms with van der Waals surface area (Å²) in [6, 6.07) is 0. The number of rotatable bonds is 3. The summed E-state index contributed by atoms with van der Waals surface area (Å²) in [6.07, 6.45) is 0.240. The van der Waals surface area contributed by atoms with Crippen LogP contribution in [0.4, 0.5) is 0 Å². The Morgan fingerprint density at radius 1 is 1.38 bits per heavy atom. The molecule has 76 valence electrons. The van der Waals surface area contributed by atoms with Crippen LogP contribution in [0.2, 0.25) is 0 Å². The number of nitrogens with one attached hydrogen (secondary N) is 1. The van der Waals surface area contributed by atoms with Crippen molar-refractivity contribution in [2.24, 2.45) is 0 Å². The Labute approximate surface area is 77.1 Å². The molecule has 0 heterocycles. The second kappa shape index (κ2) is 3.74. The molecule has 5 nitrogen and oxygen atoms in total. The van der Waals surface area contributed by atoms with Gasteiger partial charge in [0.05, 0.1) is 0 Å². The molecule has 2 N–H and O–H groups in total. The highest BCUT2D eigenvalue weighted by atomic mass is 16.6. The van der Waals surface area contributed by atoms with Gasteiger partial charge in [-0.25, -0.2) is 4.79 Å². The summed E-state index contributed by atoms with van der Waals surface area (Å²) in [5, 5.41) is 11.3. The van der Waals surface area contributed by atoms with Crippen LogP contribution in [-0.2, 0) is 14.3 Å². The molecule has 0 spiro atoms. The Balaban J connectivity index is 4.33. The number of ether oxygens (including phenoxy) is 1. The molecule has 0 aromatic heterocycles. The van der Waals surface area contributed by atoms with Crippen molar-refractivity contribution in [3.8, 4) is 0 Å². The highest BCUT2D eigenvalue weighted by Crippen LogP contribution is 2.11. The molecule has 0 fully saturated rings. The SMILES string of the molecule is CC(C)(C)OC(=O)C(C)(O)NC=O. The quantitative estimate of drug-likeness (QED) is 0.365. The Bertz CT molecular complexity index is 205. The smallest absolute Gasteiger partial charge is 0.359 e. The molecule has 13 heavy (non-hydrogen) atoms. The molecule has 0 bridgehead atoms. The summed E-state index contributed by atoms with van der Waals surface area (Å²) in [5.74, 6) is -0.882. The van der Waals surface area contributed by atoms with Gasteiger partial charge in [-0.05, 0) is 27.7 Å². The van der Waals surface area contributed by atoms with E-state index in [1.54, 1.807) is 20.8 Å². The monoisotopic (exact) mass is 189 g/mol. The number of amides is 1. The summed E-state index contributed by atoms with van der Waals surface area (Å²) >= 11 is 0. The number of hydrogen-bond donors (Lipinski definition) is 2. The number of carbonyl (C=O) groups excluding carboxylic acids is 2. The predicted molar refractivity (Wildman–Crippen MR) is 45.7 cm³/mol. The number of esters is 1. The van der Waals surface area contributed by atoms with Gasteiger partial charge in [-0.3, -0.25) is 4.79 Å². The molecule has 0 aliphatic carbocycles. The third kappa shape index (κ3) is 4.47. The largest absolute Gasteiger partial charge is 0.456 e. The maximum atomic E-state index is 11.2. The third-order valence-corrected chi connectivity index (χ3v) is 1.14. The fourth-order valence-electron chi connectivity index (χ4n) is 0.551. The van der Waals surface area contributed by atoms with Gasteiger partial charge >= 0.3 is 5.97 Å². The molecule has 1 unspecified atom stereocenters. The average Bonchev–Trinajstić information content (AvgIpc) is 1.82. The summed E-state index contributed by atoms with van der Waals surface area (Å²) in [6.45, 7) is 6.15. The molecule has 0 aromatic rings. The van der Waals surface area contributed by atoms with Crippen LogP contribution in [0, 0.1) is 0 Å². The zero-order chi connectivity index (χ0) is 10.7. The Hall–Kier alpha value is -1.10. The van der Waals surface area contributed by atoms with Crippen molar-refractivity contribution < 1.29 is 19.4 Å². The van der Waals surface area contributed by atoms with Crippen LogP contribution < -0.4 is 5.32 Å². The first-order valence-corrected chi connectivity index (χ1v) is 3.86. The van der Waals surface area contributed by atoms with E-state index < -0.39 is 17.3 Å². The predicted octanol–water partition coefficient (Wildman–Crippen LogP) is -0.217. The van der Waals surface area contributed by atoms with E-state index in [1.165, 1.54) is 0 Å². The van der Waals surface area contributed by atoms with Gasteiger partial charge in [0.15, 0.2) is 0 Å². The molecule has 5 heteroatoms. The standard InChI is InChI=1S/C8H15NO4/c1-7(2,3)13-6(11)8(4,12)9-5-10/h5,12H,1-4H3,(H,9,10). The van der Waals surface area contributed by atoms with Crippen LogP contribution >= 0.6 is 0 Å². The van der Waals surface area contributed by atoms with Gasteiger partial charge in [0.25, 0.3) is 0 Å². The van der Waals surface area contributed by atoms with Crippen LogP contribution in [0.25, 0.3) is 0 Å². The third-order valence-electron chi connectivity index (χ3n) is 1.14. The first-order chi connectivity index (χ1) is 5.69. The molecule has 0 rings (SSSR count). The number of aliphatic hydroxyl groups is 1. The van der Waals surface area contributed by atoms with E-state index in [1.807, 2.05) is 5.32 Å².